The number of anilines is 1. The fraction of sp³-hybridized carbons (Fsp3) is 0.417. The summed E-state index contributed by atoms with van der Waals surface area (Å²) in [6, 6.07) is 3.91. The molecule has 0 bridgehead atoms. The molecule has 0 radical (unpaired) electrons. The summed E-state index contributed by atoms with van der Waals surface area (Å²) in [6.45, 7) is 4.99. The van der Waals surface area contributed by atoms with E-state index in [0.29, 0.717) is 6.54 Å². The van der Waals surface area contributed by atoms with Crippen LogP contribution in [0.25, 0.3) is 0 Å². The Kier molecular flexibility index (Phi) is 5.94. The van der Waals surface area contributed by atoms with Gasteiger partial charge in [-0.1, -0.05) is 25.4 Å². The zero-order valence-corrected chi connectivity index (χ0v) is 12.9. The Hall–Kier alpha value is -1.15. The molecule has 1 unspecified atom stereocenters. The predicted molar refractivity (Wildman–Crippen MR) is 79.2 cm³/mol. The van der Waals surface area contributed by atoms with Gasteiger partial charge in [0.05, 0.1) is 15.6 Å². The summed E-state index contributed by atoms with van der Waals surface area (Å²) in [6.07, 6.45) is 0. The summed E-state index contributed by atoms with van der Waals surface area (Å²) in [5, 5.41) is 10.9. The first kappa shape index (κ1) is 16.9. The number of sulfonamides is 1. The van der Waals surface area contributed by atoms with Crippen molar-refractivity contribution in [1.29, 1.82) is 0 Å². The van der Waals surface area contributed by atoms with Gasteiger partial charge in [0.25, 0.3) is 0 Å². The van der Waals surface area contributed by atoms with Gasteiger partial charge in [-0.2, -0.15) is 0 Å². The number of amides is 1. The molecular weight excluding hydrogens is 302 g/mol. The average molecular weight is 320 g/mol. The van der Waals surface area contributed by atoms with E-state index < -0.39 is 10.0 Å². The number of rotatable bonds is 6. The largest absolute Gasteiger partial charge is 0.324 e. The number of hydrogen-bond donors (Lipinski definition) is 3. The minimum absolute atomic E-state index is 0.100. The number of halogens is 1. The Balaban J connectivity index is 2.89. The van der Waals surface area contributed by atoms with Crippen LogP contribution in [0.3, 0.4) is 0 Å². The minimum Gasteiger partial charge on any atom is -0.324 e. The van der Waals surface area contributed by atoms with E-state index in [1.165, 1.54) is 18.2 Å². The molecule has 0 saturated carbocycles. The molecule has 112 valence electrons. The molecule has 1 aromatic carbocycles. The summed E-state index contributed by atoms with van der Waals surface area (Å²) >= 11 is 5.93. The lowest BCUT2D eigenvalue weighted by Gasteiger charge is -2.14. The molecule has 6 nitrogen and oxygen atoms in total. The average Bonchev–Trinajstić information content (AvgIpc) is 2.37. The van der Waals surface area contributed by atoms with Crippen LogP contribution < -0.4 is 15.8 Å². The number of benzene rings is 1. The van der Waals surface area contributed by atoms with Gasteiger partial charge in [-0.3, -0.25) is 4.79 Å². The maximum atomic E-state index is 11.9. The molecule has 0 aromatic heterocycles. The summed E-state index contributed by atoms with van der Waals surface area (Å²) in [4.78, 5) is 11.8. The second-order valence-corrected chi connectivity index (χ2v) is 6.35. The quantitative estimate of drug-likeness (QED) is 0.732. The summed E-state index contributed by atoms with van der Waals surface area (Å²) < 4.78 is 22.5. The van der Waals surface area contributed by atoms with E-state index in [2.05, 4.69) is 10.6 Å². The minimum atomic E-state index is -3.83. The molecule has 1 amide bonds. The molecule has 0 aliphatic rings. The van der Waals surface area contributed by atoms with Gasteiger partial charge >= 0.3 is 0 Å². The fourth-order valence-corrected chi connectivity index (χ4v) is 2.19. The SMILES string of the molecule is CCNCC(C)C(=O)Nc1cc(S(N)(=O)=O)ccc1Cl. The van der Waals surface area contributed by atoms with Gasteiger partial charge in [0.15, 0.2) is 0 Å². The number of nitrogens with two attached hydrogens (primary N) is 1. The van der Waals surface area contributed by atoms with Crippen LogP contribution in [-0.2, 0) is 14.8 Å². The van der Waals surface area contributed by atoms with Crippen LogP contribution in [0.1, 0.15) is 13.8 Å². The van der Waals surface area contributed by atoms with E-state index in [-0.39, 0.29) is 27.4 Å². The predicted octanol–water partition coefficient (Wildman–Crippen LogP) is 1.17. The maximum Gasteiger partial charge on any atom is 0.238 e. The number of nitrogens with one attached hydrogen (secondary N) is 2. The number of primary sulfonamides is 1. The van der Waals surface area contributed by atoms with E-state index in [1.807, 2.05) is 6.92 Å². The van der Waals surface area contributed by atoms with Crippen molar-refractivity contribution >= 4 is 33.2 Å². The zero-order valence-electron chi connectivity index (χ0n) is 11.3. The first-order valence-electron chi connectivity index (χ1n) is 6.09. The van der Waals surface area contributed by atoms with Crippen LogP contribution in [0.4, 0.5) is 5.69 Å². The van der Waals surface area contributed by atoms with Crippen LogP contribution in [0, 0.1) is 5.92 Å². The van der Waals surface area contributed by atoms with Crippen molar-refractivity contribution in [1.82, 2.24) is 5.32 Å². The highest BCUT2D eigenvalue weighted by Gasteiger charge is 2.16. The van der Waals surface area contributed by atoms with Gasteiger partial charge in [-0.05, 0) is 24.7 Å². The van der Waals surface area contributed by atoms with Gasteiger partial charge in [0.2, 0.25) is 15.9 Å². The summed E-state index contributed by atoms with van der Waals surface area (Å²) in [5.74, 6) is -0.524. The topological polar surface area (TPSA) is 101 Å². The Morgan fingerprint density at radius 3 is 2.65 bits per heavy atom. The third-order valence-electron chi connectivity index (χ3n) is 2.67. The van der Waals surface area contributed by atoms with E-state index in [1.54, 1.807) is 6.92 Å². The van der Waals surface area contributed by atoms with Gasteiger partial charge in [0, 0.05) is 12.5 Å². The summed E-state index contributed by atoms with van der Waals surface area (Å²) in [7, 11) is -3.83. The van der Waals surface area contributed by atoms with Crippen molar-refractivity contribution in [2.45, 2.75) is 18.7 Å². The third kappa shape index (κ3) is 4.75. The summed E-state index contributed by atoms with van der Waals surface area (Å²) in [5.41, 5.74) is 0.228. The van der Waals surface area contributed by atoms with Gasteiger partial charge in [-0.25, -0.2) is 13.6 Å². The van der Waals surface area contributed by atoms with Crippen LogP contribution >= 0.6 is 11.6 Å². The number of hydrogen-bond acceptors (Lipinski definition) is 4. The van der Waals surface area contributed by atoms with Crippen LogP contribution in [0.5, 0.6) is 0 Å². The van der Waals surface area contributed by atoms with Gasteiger partial charge < -0.3 is 10.6 Å². The molecule has 4 N–H and O–H groups in total. The molecule has 0 spiro atoms. The molecule has 0 aliphatic heterocycles. The van der Waals surface area contributed by atoms with Crippen molar-refractivity contribution in [3.05, 3.63) is 23.2 Å². The van der Waals surface area contributed by atoms with Crippen molar-refractivity contribution in [3.63, 3.8) is 0 Å². The first-order chi connectivity index (χ1) is 9.25. The van der Waals surface area contributed by atoms with E-state index >= 15 is 0 Å². The van der Waals surface area contributed by atoms with E-state index in [9.17, 15) is 13.2 Å². The third-order valence-corrected chi connectivity index (χ3v) is 3.91. The van der Waals surface area contributed by atoms with Gasteiger partial charge in [0.1, 0.15) is 0 Å². The molecule has 8 heteroatoms. The van der Waals surface area contributed by atoms with E-state index in [4.69, 9.17) is 16.7 Å². The monoisotopic (exact) mass is 319 g/mol. The molecule has 0 fully saturated rings. The molecular formula is C12H18ClN3O3S. The van der Waals surface area contributed by atoms with Crippen LogP contribution in [0.15, 0.2) is 23.1 Å². The Labute approximate surface area is 123 Å². The molecule has 0 heterocycles. The smallest absolute Gasteiger partial charge is 0.238 e. The van der Waals surface area contributed by atoms with Crippen molar-refractivity contribution in [2.24, 2.45) is 11.1 Å². The van der Waals surface area contributed by atoms with Crippen LogP contribution in [0.2, 0.25) is 5.02 Å². The molecule has 1 aromatic rings. The maximum absolute atomic E-state index is 11.9. The van der Waals surface area contributed by atoms with E-state index in [0.717, 1.165) is 6.54 Å². The Morgan fingerprint density at radius 2 is 2.10 bits per heavy atom. The second kappa shape index (κ2) is 7.03. The zero-order chi connectivity index (χ0) is 15.3. The van der Waals surface area contributed by atoms with Crippen molar-refractivity contribution in [3.8, 4) is 0 Å². The molecule has 0 aliphatic carbocycles. The lowest BCUT2D eigenvalue weighted by Crippen LogP contribution is -2.30. The lowest BCUT2D eigenvalue weighted by molar-refractivity contribution is -0.119. The normalized spacial score (nSPS) is 13.0. The highest BCUT2D eigenvalue weighted by Crippen LogP contribution is 2.25. The van der Waals surface area contributed by atoms with Crippen molar-refractivity contribution in [2.75, 3.05) is 18.4 Å². The second-order valence-electron chi connectivity index (χ2n) is 4.38. The molecule has 0 saturated heterocycles. The van der Waals surface area contributed by atoms with Crippen molar-refractivity contribution < 1.29 is 13.2 Å². The number of carbonyl (C=O) groups is 1. The molecule has 1 rings (SSSR count). The highest BCUT2D eigenvalue weighted by molar-refractivity contribution is 7.89. The molecule has 1 atom stereocenters. The highest BCUT2D eigenvalue weighted by atomic mass is 35.5. The van der Waals surface area contributed by atoms with Crippen LogP contribution in [-0.4, -0.2) is 27.4 Å². The standard InChI is InChI=1S/C12H18ClN3O3S/c1-3-15-7-8(2)12(17)16-11-6-9(20(14,18)19)4-5-10(11)13/h4-6,8,15H,3,7H2,1-2H3,(H,16,17)(H2,14,18,19). The molecule has 20 heavy (non-hydrogen) atoms. The Bertz CT molecular complexity index is 590. The fourth-order valence-electron chi connectivity index (χ4n) is 1.49. The first-order valence-corrected chi connectivity index (χ1v) is 8.02. The Morgan fingerprint density at radius 1 is 1.45 bits per heavy atom. The lowest BCUT2D eigenvalue weighted by atomic mass is 10.1. The number of carbonyl (C=O) groups excluding carboxylic acids is 1. The van der Waals surface area contributed by atoms with Gasteiger partial charge in [-0.15, -0.1) is 0 Å².